The van der Waals surface area contributed by atoms with Gasteiger partial charge in [0.15, 0.2) is 5.17 Å². The van der Waals surface area contributed by atoms with Crippen molar-refractivity contribution in [2.75, 3.05) is 24.5 Å². The average molecular weight is 543 g/mol. The predicted octanol–water partition coefficient (Wildman–Crippen LogP) is 6.79. The number of ether oxygens (including phenoxy) is 1. The molecule has 2 aliphatic rings. The Balaban J connectivity index is 1.31. The number of para-hydroxylation sites is 1. The smallest absolute Gasteiger partial charge is 0.269 e. The summed E-state index contributed by atoms with van der Waals surface area (Å²) in [7, 11) is 0. The molecule has 200 valence electrons. The minimum atomic E-state index is -0.426. The summed E-state index contributed by atoms with van der Waals surface area (Å²) in [5.41, 5.74) is 3.66. The van der Waals surface area contributed by atoms with Gasteiger partial charge >= 0.3 is 0 Å². The molecule has 0 spiro atoms. The molecule has 8 nitrogen and oxygen atoms in total. The minimum Gasteiger partial charge on any atom is -0.488 e. The van der Waals surface area contributed by atoms with Gasteiger partial charge in [0.2, 0.25) is 0 Å². The molecule has 2 aliphatic heterocycles. The maximum absolute atomic E-state index is 13.2. The second kappa shape index (κ2) is 12.2. The third-order valence-corrected chi connectivity index (χ3v) is 7.75. The second-order valence-corrected chi connectivity index (χ2v) is 10.4. The number of carbonyl (C=O) groups excluding carboxylic acids is 1. The van der Waals surface area contributed by atoms with Crippen LogP contribution in [0.1, 0.15) is 37.3 Å². The Kier molecular flexibility index (Phi) is 8.27. The van der Waals surface area contributed by atoms with Crippen molar-refractivity contribution in [2.45, 2.75) is 32.8 Å². The lowest BCUT2D eigenvalue weighted by atomic mass is 10.1. The number of amidine groups is 1. The number of thioether (sulfide) groups is 1. The summed E-state index contributed by atoms with van der Waals surface area (Å²) in [5, 5.41) is 11.6. The highest BCUT2D eigenvalue weighted by molar-refractivity contribution is 8.18. The summed E-state index contributed by atoms with van der Waals surface area (Å²) >= 11 is 1.36. The number of carbonyl (C=O) groups is 1. The van der Waals surface area contributed by atoms with Gasteiger partial charge in [0.1, 0.15) is 12.4 Å². The zero-order valence-electron chi connectivity index (χ0n) is 21.8. The van der Waals surface area contributed by atoms with E-state index in [0.29, 0.717) is 22.4 Å². The van der Waals surface area contributed by atoms with Crippen LogP contribution in [-0.4, -0.2) is 40.5 Å². The Morgan fingerprint density at radius 3 is 2.41 bits per heavy atom. The van der Waals surface area contributed by atoms with E-state index in [1.54, 1.807) is 17.0 Å². The number of hydrogen-bond acceptors (Lipinski definition) is 7. The number of rotatable bonds is 8. The maximum Gasteiger partial charge on any atom is 0.269 e. The molecule has 0 aromatic heterocycles. The van der Waals surface area contributed by atoms with Crippen LogP contribution in [0.3, 0.4) is 0 Å². The standard InChI is InChI=1S/C30H30N4O4S/c1-2-33-29(35)28(39-30(33)31-24-12-16-25(17-13-24)32-18-6-3-7-19-32)20-23-8-4-5-9-27(23)38-21-22-10-14-26(15-11-22)34(36)37/h4-5,8-17,20H,2-3,6-7,18-19,21H2,1H3/b28-20-,31-30?. The van der Waals surface area contributed by atoms with E-state index < -0.39 is 4.92 Å². The van der Waals surface area contributed by atoms with Crippen molar-refractivity contribution in [3.8, 4) is 5.75 Å². The molecule has 5 rings (SSSR count). The minimum absolute atomic E-state index is 0.0385. The molecule has 2 fully saturated rings. The zero-order chi connectivity index (χ0) is 27.2. The lowest BCUT2D eigenvalue weighted by molar-refractivity contribution is -0.384. The lowest BCUT2D eigenvalue weighted by Gasteiger charge is -2.28. The Morgan fingerprint density at radius 2 is 1.72 bits per heavy atom. The highest BCUT2D eigenvalue weighted by Crippen LogP contribution is 2.36. The van der Waals surface area contributed by atoms with Crippen molar-refractivity contribution in [1.29, 1.82) is 0 Å². The summed E-state index contributed by atoms with van der Waals surface area (Å²) in [6.07, 6.45) is 5.60. The van der Waals surface area contributed by atoms with E-state index in [2.05, 4.69) is 17.0 Å². The molecule has 0 saturated carbocycles. The van der Waals surface area contributed by atoms with Gasteiger partial charge in [0.25, 0.3) is 11.6 Å². The first-order chi connectivity index (χ1) is 19.0. The number of nitro benzene ring substituents is 1. The average Bonchev–Trinajstić information content (AvgIpc) is 3.26. The normalized spacial score (nSPS) is 17.7. The molecule has 2 saturated heterocycles. The van der Waals surface area contributed by atoms with Crippen LogP contribution in [0.4, 0.5) is 17.1 Å². The van der Waals surface area contributed by atoms with Gasteiger partial charge in [-0.15, -0.1) is 0 Å². The van der Waals surface area contributed by atoms with Crippen LogP contribution < -0.4 is 9.64 Å². The Labute approximate surface area is 232 Å². The number of hydrogen-bond donors (Lipinski definition) is 0. The van der Waals surface area contributed by atoms with E-state index in [-0.39, 0.29) is 18.2 Å². The molecular formula is C30H30N4O4S. The lowest BCUT2D eigenvalue weighted by Crippen LogP contribution is -2.29. The van der Waals surface area contributed by atoms with Gasteiger partial charge < -0.3 is 9.64 Å². The summed E-state index contributed by atoms with van der Waals surface area (Å²) in [6, 6.07) is 22.0. The van der Waals surface area contributed by atoms with Crippen molar-refractivity contribution in [3.63, 3.8) is 0 Å². The van der Waals surface area contributed by atoms with E-state index >= 15 is 0 Å². The molecule has 3 aromatic carbocycles. The van der Waals surface area contributed by atoms with E-state index in [0.717, 1.165) is 29.9 Å². The van der Waals surface area contributed by atoms with E-state index in [9.17, 15) is 14.9 Å². The number of benzene rings is 3. The summed E-state index contributed by atoms with van der Waals surface area (Å²) in [5.74, 6) is 0.537. The first-order valence-electron chi connectivity index (χ1n) is 13.1. The third kappa shape index (κ3) is 6.31. The van der Waals surface area contributed by atoms with Crippen LogP contribution in [0.25, 0.3) is 6.08 Å². The highest BCUT2D eigenvalue weighted by atomic mass is 32.2. The van der Waals surface area contributed by atoms with E-state index in [1.165, 1.54) is 48.8 Å². The number of non-ortho nitro benzene ring substituents is 1. The van der Waals surface area contributed by atoms with Crippen molar-refractivity contribution >= 4 is 46.0 Å². The number of piperidine rings is 1. The fourth-order valence-electron chi connectivity index (χ4n) is 4.62. The number of nitro groups is 1. The van der Waals surface area contributed by atoms with Crippen molar-refractivity contribution in [3.05, 3.63) is 98.9 Å². The largest absolute Gasteiger partial charge is 0.488 e. The summed E-state index contributed by atoms with van der Waals surface area (Å²) < 4.78 is 6.02. The number of nitrogens with zero attached hydrogens (tertiary/aromatic N) is 4. The highest BCUT2D eigenvalue weighted by Gasteiger charge is 2.32. The molecular weight excluding hydrogens is 512 g/mol. The molecule has 3 aromatic rings. The molecule has 0 N–H and O–H groups in total. The Hall–Kier alpha value is -4.11. The second-order valence-electron chi connectivity index (χ2n) is 9.37. The van der Waals surface area contributed by atoms with E-state index in [1.807, 2.05) is 49.4 Å². The zero-order valence-corrected chi connectivity index (χ0v) is 22.6. The van der Waals surface area contributed by atoms with Crippen molar-refractivity contribution in [1.82, 2.24) is 4.90 Å². The molecule has 39 heavy (non-hydrogen) atoms. The van der Waals surface area contributed by atoms with Gasteiger partial charge in [-0.1, -0.05) is 18.2 Å². The van der Waals surface area contributed by atoms with Crippen LogP contribution in [0.2, 0.25) is 0 Å². The molecule has 0 unspecified atom stereocenters. The number of anilines is 1. The third-order valence-electron chi connectivity index (χ3n) is 6.75. The first-order valence-corrected chi connectivity index (χ1v) is 13.9. The molecule has 0 aliphatic carbocycles. The quantitative estimate of drug-likeness (QED) is 0.177. The topological polar surface area (TPSA) is 88.3 Å². The monoisotopic (exact) mass is 542 g/mol. The SMILES string of the molecule is CCN1C(=O)/C(=C/c2ccccc2OCc2ccc([N+](=O)[O-])cc2)SC1=Nc1ccc(N2CCCCC2)cc1. The van der Waals surface area contributed by atoms with Crippen LogP contribution in [0.5, 0.6) is 5.75 Å². The molecule has 2 heterocycles. The summed E-state index contributed by atoms with van der Waals surface area (Å²) in [6.45, 7) is 4.90. The van der Waals surface area contributed by atoms with Crippen LogP contribution in [-0.2, 0) is 11.4 Å². The van der Waals surface area contributed by atoms with E-state index in [4.69, 9.17) is 9.73 Å². The van der Waals surface area contributed by atoms with Crippen molar-refractivity contribution < 1.29 is 14.5 Å². The number of likely N-dealkylation sites (N-methyl/N-ethyl adjacent to an activating group) is 1. The molecule has 0 radical (unpaired) electrons. The number of aliphatic imine (C=N–C) groups is 1. The van der Waals surface area contributed by atoms with Gasteiger partial charge in [0, 0.05) is 43.0 Å². The fraction of sp³-hybridized carbons (Fsp3) is 0.267. The van der Waals surface area contributed by atoms with Crippen LogP contribution in [0.15, 0.2) is 82.7 Å². The Morgan fingerprint density at radius 1 is 1.00 bits per heavy atom. The molecule has 9 heteroatoms. The van der Waals surface area contributed by atoms with Gasteiger partial charge in [0.05, 0.1) is 15.5 Å². The van der Waals surface area contributed by atoms with Gasteiger partial charge in [-0.2, -0.15) is 0 Å². The molecule has 0 atom stereocenters. The first kappa shape index (κ1) is 26.5. The number of amides is 1. The maximum atomic E-state index is 13.2. The summed E-state index contributed by atoms with van der Waals surface area (Å²) in [4.78, 5) is 33.2. The van der Waals surface area contributed by atoms with Gasteiger partial charge in [-0.3, -0.25) is 19.8 Å². The predicted molar refractivity (Wildman–Crippen MR) is 156 cm³/mol. The molecule has 0 bridgehead atoms. The van der Waals surface area contributed by atoms with Gasteiger partial charge in [-0.05, 0) is 92.1 Å². The van der Waals surface area contributed by atoms with Crippen molar-refractivity contribution in [2.24, 2.45) is 4.99 Å². The van der Waals surface area contributed by atoms with Crippen LogP contribution in [0, 0.1) is 10.1 Å². The fourth-order valence-corrected chi connectivity index (χ4v) is 5.67. The van der Waals surface area contributed by atoms with Gasteiger partial charge in [-0.25, -0.2) is 4.99 Å². The molecule has 1 amide bonds. The van der Waals surface area contributed by atoms with Crippen LogP contribution >= 0.6 is 11.8 Å². The Bertz CT molecular complexity index is 1400.